The van der Waals surface area contributed by atoms with E-state index < -0.39 is 54.4 Å². The minimum absolute atomic E-state index is 0.0120. The monoisotopic (exact) mass is 583 g/mol. The number of rotatable bonds is 14. The summed E-state index contributed by atoms with van der Waals surface area (Å²) in [6, 6.07) is 3.22. The highest BCUT2D eigenvalue weighted by molar-refractivity contribution is 5.76. The maximum absolute atomic E-state index is 12.7. The van der Waals surface area contributed by atoms with E-state index >= 15 is 0 Å². The van der Waals surface area contributed by atoms with Crippen LogP contribution in [0.5, 0.6) is 11.5 Å². The second-order valence-corrected chi connectivity index (χ2v) is 10.4. The number of carbonyl (C=O) groups excluding carboxylic acids is 4. The summed E-state index contributed by atoms with van der Waals surface area (Å²) in [5.41, 5.74) is 5.86. The molecule has 1 aromatic rings. The highest BCUT2D eigenvalue weighted by Crippen LogP contribution is 2.30. The van der Waals surface area contributed by atoms with Gasteiger partial charge in [0.2, 0.25) is 0 Å². The normalized spacial score (nSPS) is 14.9. The fraction of sp³-hybridized carbons (Fsp3) is 0.655. The molecular weight excluding hydrogens is 538 g/mol. The number of ether oxygens (including phenoxy) is 7. The van der Waals surface area contributed by atoms with Crippen LogP contribution in [0.15, 0.2) is 18.2 Å². The van der Waals surface area contributed by atoms with E-state index in [0.717, 1.165) is 0 Å². The van der Waals surface area contributed by atoms with Crippen LogP contribution in [0.3, 0.4) is 0 Å². The molecule has 1 rings (SSSR count). The lowest BCUT2D eigenvalue weighted by Crippen LogP contribution is -2.40. The molecule has 5 atom stereocenters. The average Bonchev–Trinajstić information content (AvgIpc) is 2.89. The van der Waals surface area contributed by atoms with Crippen molar-refractivity contribution in [2.45, 2.75) is 124 Å². The lowest BCUT2D eigenvalue weighted by atomic mass is 10.1. The highest BCUT2D eigenvalue weighted by Gasteiger charge is 2.28. The summed E-state index contributed by atoms with van der Waals surface area (Å²) in [5.74, 6) is -0.954. The zero-order valence-electron chi connectivity index (χ0n) is 25.5. The fourth-order valence-corrected chi connectivity index (χ4v) is 2.84. The molecule has 12 heteroatoms. The van der Waals surface area contributed by atoms with Crippen LogP contribution < -0.4 is 15.2 Å². The van der Waals surface area contributed by atoms with Crippen molar-refractivity contribution in [3.8, 4) is 11.5 Å². The van der Waals surface area contributed by atoms with E-state index in [2.05, 4.69) is 0 Å². The lowest BCUT2D eigenvalue weighted by molar-refractivity contribution is -0.156. The maximum atomic E-state index is 12.7. The fourth-order valence-electron chi connectivity index (χ4n) is 2.84. The van der Waals surface area contributed by atoms with Gasteiger partial charge in [0, 0.05) is 0 Å². The van der Waals surface area contributed by atoms with Crippen molar-refractivity contribution in [1.82, 2.24) is 0 Å². The Hall–Kier alpha value is -3.54. The van der Waals surface area contributed by atoms with Crippen LogP contribution in [-0.4, -0.2) is 60.5 Å². The Morgan fingerprint density at radius 3 is 1.78 bits per heavy atom. The van der Waals surface area contributed by atoms with Crippen molar-refractivity contribution in [3.63, 3.8) is 0 Å². The van der Waals surface area contributed by atoms with Crippen LogP contribution >= 0.6 is 0 Å². The van der Waals surface area contributed by atoms with Crippen LogP contribution in [0.4, 0.5) is 14.4 Å². The largest absolute Gasteiger partial charge is 0.514 e. The second kappa shape index (κ2) is 16.7. The molecule has 0 heterocycles. The van der Waals surface area contributed by atoms with Crippen LogP contribution in [-0.2, 0) is 34.9 Å². The topological polar surface area (TPSA) is 159 Å². The molecule has 0 bridgehead atoms. The molecule has 0 aliphatic heterocycles. The minimum atomic E-state index is -1.11. The first-order valence-electron chi connectivity index (χ1n) is 13.9. The smallest absolute Gasteiger partial charge is 0.458 e. The van der Waals surface area contributed by atoms with Crippen LogP contribution in [0.1, 0.15) is 87.1 Å². The molecule has 0 fully saturated rings. The van der Waals surface area contributed by atoms with E-state index in [4.69, 9.17) is 38.9 Å². The van der Waals surface area contributed by atoms with Gasteiger partial charge in [-0.3, -0.25) is 4.79 Å². The number of hydrogen-bond acceptors (Lipinski definition) is 12. The predicted molar refractivity (Wildman–Crippen MR) is 149 cm³/mol. The van der Waals surface area contributed by atoms with E-state index in [1.165, 1.54) is 12.1 Å². The van der Waals surface area contributed by atoms with Crippen molar-refractivity contribution < 1.29 is 52.3 Å². The van der Waals surface area contributed by atoms with E-state index in [9.17, 15) is 19.2 Å². The average molecular weight is 584 g/mol. The van der Waals surface area contributed by atoms with Gasteiger partial charge in [-0.25, -0.2) is 14.4 Å². The van der Waals surface area contributed by atoms with E-state index in [0.29, 0.717) is 24.8 Å². The molecule has 0 amide bonds. The molecule has 2 N–H and O–H groups in total. The summed E-state index contributed by atoms with van der Waals surface area (Å²) in [4.78, 5) is 49.2. The summed E-state index contributed by atoms with van der Waals surface area (Å²) >= 11 is 0. The van der Waals surface area contributed by atoms with Crippen molar-refractivity contribution in [2.24, 2.45) is 5.73 Å². The first-order valence-corrected chi connectivity index (χ1v) is 13.9. The molecule has 0 aromatic heterocycles. The van der Waals surface area contributed by atoms with Crippen molar-refractivity contribution in [2.75, 3.05) is 0 Å². The van der Waals surface area contributed by atoms with Gasteiger partial charge < -0.3 is 38.9 Å². The van der Waals surface area contributed by atoms with Crippen molar-refractivity contribution in [1.29, 1.82) is 0 Å². The highest BCUT2D eigenvalue weighted by atomic mass is 16.8. The van der Waals surface area contributed by atoms with Gasteiger partial charge in [0.05, 0.1) is 0 Å². The standard InChI is InChI=1S/C29H45NO11/c1-10-17(4)35-26(32)39-23-14-13-21(16-24(23)40-27(33)36-18(5)11-2)15-22(30)25(31)37-19(6)20(7)38-28(34)41-29(8,9)12-3/h13-14,16-20,22H,10-12,15,30H2,1-9H3/t17-,18?,19?,20?,22-/m0/s1. The van der Waals surface area contributed by atoms with Gasteiger partial charge >= 0.3 is 24.4 Å². The van der Waals surface area contributed by atoms with Gasteiger partial charge in [0.15, 0.2) is 11.5 Å². The number of esters is 1. The molecular formula is C29H45NO11. The molecule has 0 spiro atoms. The molecule has 0 saturated heterocycles. The summed E-state index contributed by atoms with van der Waals surface area (Å²) in [7, 11) is 0. The molecule has 0 radical (unpaired) electrons. The van der Waals surface area contributed by atoms with E-state index in [1.54, 1.807) is 47.6 Å². The Labute approximate surface area is 242 Å². The molecule has 232 valence electrons. The van der Waals surface area contributed by atoms with Gasteiger partial charge in [-0.15, -0.1) is 0 Å². The van der Waals surface area contributed by atoms with E-state index in [-0.39, 0.29) is 24.0 Å². The number of benzene rings is 1. The summed E-state index contributed by atoms with van der Waals surface area (Å²) < 4.78 is 36.7. The zero-order valence-corrected chi connectivity index (χ0v) is 25.5. The lowest BCUT2D eigenvalue weighted by Gasteiger charge is -2.26. The molecule has 1 aromatic carbocycles. The Bertz CT molecular complexity index is 1030. The first-order chi connectivity index (χ1) is 19.1. The van der Waals surface area contributed by atoms with Gasteiger partial charge in [-0.05, 0) is 84.9 Å². The molecule has 12 nitrogen and oxygen atoms in total. The van der Waals surface area contributed by atoms with Crippen LogP contribution in [0.2, 0.25) is 0 Å². The van der Waals surface area contributed by atoms with Crippen LogP contribution in [0, 0.1) is 0 Å². The third kappa shape index (κ3) is 13.1. The molecule has 0 aliphatic carbocycles. The molecule has 0 aliphatic rings. The van der Waals surface area contributed by atoms with Gasteiger partial charge in [0.1, 0.15) is 36.1 Å². The molecule has 3 unspecified atom stereocenters. The summed E-state index contributed by atoms with van der Waals surface area (Å²) in [6.07, 6.45) is -3.50. The van der Waals surface area contributed by atoms with Gasteiger partial charge in [-0.1, -0.05) is 26.8 Å². The Morgan fingerprint density at radius 2 is 1.27 bits per heavy atom. The number of carbonyl (C=O) groups is 4. The minimum Gasteiger partial charge on any atom is -0.458 e. The van der Waals surface area contributed by atoms with E-state index in [1.807, 2.05) is 20.8 Å². The quantitative estimate of drug-likeness (QED) is 0.158. The molecule has 41 heavy (non-hydrogen) atoms. The summed E-state index contributed by atoms with van der Waals surface area (Å²) in [6.45, 7) is 15.6. The van der Waals surface area contributed by atoms with Crippen molar-refractivity contribution in [3.05, 3.63) is 23.8 Å². The number of nitrogens with two attached hydrogens (primary N) is 1. The van der Waals surface area contributed by atoms with Crippen molar-refractivity contribution >= 4 is 24.4 Å². The third-order valence-corrected chi connectivity index (χ3v) is 6.35. The zero-order chi connectivity index (χ0) is 31.3. The summed E-state index contributed by atoms with van der Waals surface area (Å²) in [5, 5.41) is 0. The van der Waals surface area contributed by atoms with Gasteiger partial charge in [0.25, 0.3) is 0 Å². The van der Waals surface area contributed by atoms with Gasteiger partial charge in [-0.2, -0.15) is 0 Å². The Morgan fingerprint density at radius 1 is 0.756 bits per heavy atom. The van der Waals surface area contributed by atoms with Crippen LogP contribution in [0.25, 0.3) is 0 Å². The predicted octanol–water partition coefficient (Wildman–Crippen LogP) is 5.85. The first kappa shape index (κ1) is 35.5. The molecule has 0 saturated carbocycles. The third-order valence-electron chi connectivity index (χ3n) is 6.35. The maximum Gasteiger partial charge on any atom is 0.514 e. The SMILES string of the molecule is CCC(C)OC(=O)Oc1cc(C[C@H](N)C(=O)OC(C)C(C)OC(=O)OC(C)(C)CC)ccc1OC(=O)O[C@@H](C)CC. The number of hydrogen-bond donors (Lipinski definition) is 1. The Kier molecular flexibility index (Phi) is 14.4. The second-order valence-electron chi connectivity index (χ2n) is 10.4. The Balaban J connectivity index is 2.93.